The van der Waals surface area contributed by atoms with E-state index < -0.39 is 0 Å². The van der Waals surface area contributed by atoms with Gasteiger partial charge in [-0.05, 0) is 93.9 Å². The van der Waals surface area contributed by atoms with Gasteiger partial charge >= 0.3 is 0 Å². The van der Waals surface area contributed by atoms with Crippen molar-refractivity contribution in [2.45, 2.75) is 116 Å². The van der Waals surface area contributed by atoms with Crippen molar-refractivity contribution in [3.63, 3.8) is 0 Å². The van der Waals surface area contributed by atoms with Crippen LogP contribution in [-0.4, -0.2) is 60.2 Å². The summed E-state index contributed by atoms with van der Waals surface area (Å²) in [6.07, 6.45) is 10.6. The summed E-state index contributed by atoms with van der Waals surface area (Å²) in [5, 5.41) is 4.65. The quantitative estimate of drug-likeness (QED) is 0.427. The summed E-state index contributed by atoms with van der Waals surface area (Å²) in [6, 6.07) is 0. The largest absolute Gasteiger partial charge is 0.333 e. The molecule has 0 aromatic carbocycles. The van der Waals surface area contributed by atoms with E-state index in [1.807, 2.05) is 12.2 Å². The normalized spacial score (nSPS) is 23.3. The number of rotatable bonds is 9. The van der Waals surface area contributed by atoms with Crippen molar-refractivity contribution in [1.82, 2.24) is 25.0 Å². The Kier molecular flexibility index (Phi) is 7.87. The molecule has 2 saturated heterocycles. The molecule has 2 N–H and O–H groups in total. The second-order valence-electron chi connectivity index (χ2n) is 12.6. The van der Waals surface area contributed by atoms with Crippen LogP contribution in [0.25, 0.3) is 0 Å². The van der Waals surface area contributed by atoms with E-state index in [1.54, 1.807) is 0 Å². The third kappa shape index (κ3) is 6.15. The standard InChI is InChI=1S/C27H48N8/c1-11-19-33(20-12-2)23-29-21(31-34-24(3,4)15-13-16-25(34,5)6)28-22(30-23)32-35-26(7,8)17-14-18-27(35,9)10/h11-12H,1-2,13-20H2,3-10H3,(H2,28,29,30,31,32). The minimum Gasteiger partial charge on any atom is -0.333 e. The summed E-state index contributed by atoms with van der Waals surface area (Å²) in [7, 11) is 0. The number of piperidine rings is 2. The second kappa shape index (κ2) is 10.1. The molecule has 8 nitrogen and oxygen atoms in total. The zero-order chi connectivity index (χ0) is 26.1. The van der Waals surface area contributed by atoms with Crippen LogP contribution in [-0.2, 0) is 0 Å². The molecule has 0 bridgehead atoms. The summed E-state index contributed by atoms with van der Waals surface area (Å²) >= 11 is 0. The maximum Gasteiger partial charge on any atom is 0.244 e. The molecule has 0 saturated carbocycles. The number of anilines is 3. The molecule has 0 unspecified atom stereocenters. The highest BCUT2D eigenvalue weighted by Gasteiger charge is 2.43. The van der Waals surface area contributed by atoms with Crippen LogP contribution in [0.3, 0.4) is 0 Å². The smallest absolute Gasteiger partial charge is 0.244 e. The van der Waals surface area contributed by atoms with Gasteiger partial charge in [-0.3, -0.25) is 10.9 Å². The van der Waals surface area contributed by atoms with Gasteiger partial charge < -0.3 is 4.90 Å². The Morgan fingerprint density at radius 1 is 0.686 bits per heavy atom. The third-order valence-corrected chi connectivity index (χ3v) is 7.60. The molecular weight excluding hydrogens is 436 g/mol. The molecule has 0 radical (unpaired) electrons. The second-order valence-corrected chi connectivity index (χ2v) is 12.6. The Morgan fingerprint density at radius 2 is 1.03 bits per heavy atom. The summed E-state index contributed by atoms with van der Waals surface area (Å²) in [5.41, 5.74) is 7.08. The van der Waals surface area contributed by atoms with E-state index >= 15 is 0 Å². The molecule has 0 atom stereocenters. The zero-order valence-corrected chi connectivity index (χ0v) is 23.4. The predicted octanol–water partition coefficient (Wildman–Crippen LogP) is 5.79. The van der Waals surface area contributed by atoms with Crippen molar-refractivity contribution in [3.05, 3.63) is 25.3 Å². The first-order valence-corrected chi connectivity index (χ1v) is 13.1. The molecule has 2 aliphatic rings. The maximum absolute atomic E-state index is 4.88. The first kappa shape index (κ1) is 27.4. The number of aromatic nitrogens is 3. The summed E-state index contributed by atoms with van der Waals surface area (Å²) in [4.78, 5) is 16.7. The van der Waals surface area contributed by atoms with Crippen molar-refractivity contribution >= 4 is 17.8 Å². The van der Waals surface area contributed by atoms with Crippen LogP contribution >= 0.6 is 0 Å². The molecule has 0 aliphatic carbocycles. The van der Waals surface area contributed by atoms with Crippen LogP contribution in [0.4, 0.5) is 17.8 Å². The van der Waals surface area contributed by atoms with E-state index in [2.05, 4.69) is 94.3 Å². The molecule has 35 heavy (non-hydrogen) atoms. The SMILES string of the molecule is C=CCN(CC=C)c1nc(NN2C(C)(C)CCCC2(C)C)nc(NN2C(C)(C)CCCC2(C)C)n1. The molecule has 196 valence electrons. The molecule has 1 aromatic rings. The highest BCUT2D eigenvalue weighted by Crippen LogP contribution is 2.39. The van der Waals surface area contributed by atoms with Crippen LogP contribution < -0.4 is 15.8 Å². The van der Waals surface area contributed by atoms with Crippen LogP contribution in [0.5, 0.6) is 0 Å². The van der Waals surface area contributed by atoms with E-state index in [4.69, 9.17) is 15.0 Å². The molecule has 8 heteroatoms. The Morgan fingerprint density at radius 3 is 1.34 bits per heavy atom. The molecule has 3 rings (SSSR count). The van der Waals surface area contributed by atoms with Gasteiger partial charge in [-0.2, -0.15) is 15.0 Å². The molecule has 1 aromatic heterocycles. The average molecular weight is 485 g/mol. The molecular formula is C27H48N8. The molecule has 3 heterocycles. The highest BCUT2D eigenvalue weighted by molar-refractivity contribution is 5.44. The van der Waals surface area contributed by atoms with E-state index in [0.29, 0.717) is 30.9 Å². The van der Waals surface area contributed by atoms with Gasteiger partial charge in [-0.1, -0.05) is 12.2 Å². The summed E-state index contributed by atoms with van der Waals surface area (Å²) < 4.78 is 0. The number of hydrazine groups is 2. The number of nitrogens with zero attached hydrogens (tertiary/aromatic N) is 6. The molecule has 2 fully saturated rings. The fourth-order valence-electron chi connectivity index (χ4n) is 5.95. The van der Waals surface area contributed by atoms with Gasteiger partial charge in [0.2, 0.25) is 17.8 Å². The Bertz CT molecular complexity index is 804. The van der Waals surface area contributed by atoms with Crippen LogP contribution in [0.15, 0.2) is 25.3 Å². The molecule has 0 spiro atoms. The summed E-state index contributed by atoms with van der Waals surface area (Å²) in [5.74, 6) is 1.70. The number of hydrogen-bond donors (Lipinski definition) is 2. The van der Waals surface area contributed by atoms with Crippen molar-refractivity contribution < 1.29 is 0 Å². The van der Waals surface area contributed by atoms with Crippen molar-refractivity contribution in [2.75, 3.05) is 28.8 Å². The highest BCUT2D eigenvalue weighted by atomic mass is 15.6. The Balaban J connectivity index is 2.03. The van der Waals surface area contributed by atoms with Gasteiger partial charge in [0, 0.05) is 35.2 Å². The Hall–Kier alpha value is -2.19. The predicted molar refractivity (Wildman–Crippen MR) is 147 cm³/mol. The Labute approximate surface area is 213 Å². The third-order valence-electron chi connectivity index (χ3n) is 7.60. The van der Waals surface area contributed by atoms with Crippen molar-refractivity contribution in [3.8, 4) is 0 Å². The lowest BCUT2D eigenvalue weighted by atomic mass is 9.82. The van der Waals surface area contributed by atoms with Crippen LogP contribution in [0.2, 0.25) is 0 Å². The van der Waals surface area contributed by atoms with Crippen molar-refractivity contribution in [1.29, 1.82) is 0 Å². The fraction of sp³-hybridized carbons (Fsp3) is 0.741. The van der Waals surface area contributed by atoms with Crippen molar-refractivity contribution in [2.24, 2.45) is 0 Å². The zero-order valence-electron chi connectivity index (χ0n) is 23.4. The number of nitrogens with one attached hydrogen (secondary N) is 2. The van der Waals surface area contributed by atoms with E-state index in [1.165, 1.54) is 12.8 Å². The molecule has 0 amide bonds. The van der Waals surface area contributed by atoms with Crippen LogP contribution in [0.1, 0.15) is 93.9 Å². The maximum atomic E-state index is 4.88. The fourth-order valence-corrected chi connectivity index (χ4v) is 5.95. The van der Waals surface area contributed by atoms with Gasteiger partial charge in [0.15, 0.2) is 0 Å². The lowest BCUT2D eigenvalue weighted by molar-refractivity contribution is -0.00501. The van der Waals surface area contributed by atoms with Crippen LogP contribution in [0, 0.1) is 0 Å². The topological polar surface area (TPSA) is 72.5 Å². The monoisotopic (exact) mass is 484 g/mol. The first-order valence-electron chi connectivity index (χ1n) is 13.1. The average Bonchev–Trinajstić information content (AvgIpc) is 2.73. The van der Waals surface area contributed by atoms with E-state index in [-0.39, 0.29) is 22.2 Å². The first-order chi connectivity index (χ1) is 16.2. The summed E-state index contributed by atoms with van der Waals surface area (Å²) in [6.45, 7) is 27.3. The van der Waals surface area contributed by atoms with Gasteiger partial charge in [0.1, 0.15) is 0 Å². The lowest BCUT2D eigenvalue weighted by Gasteiger charge is -2.52. The number of hydrogen-bond acceptors (Lipinski definition) is 8. The van der Waals surface area contributed by atoms with Gasteiger partial charge in [-0.15, -0.1) is 13.2 Å². The van der Waals surface area contributed by atoms with E-state index in [9.17, 15) is 0 Å². The van der Waals surface area contributed by atoms with E-state index in [0.717, 1.165) is 25.7 Å². The minimum absolute atomic E-state index is 0.0269. The van der Waals surface area contributed by atoms with Gasteiger partial charge in [-0.25, -0.2) is 10.0 Å². The minimum atomic E-state index is -0.0269. The van der Waals surface area contributed by atoms with Gasteiger partial charge in [0.05, 0.1) is 0 Å². The van der Waals surface area contributed by atoms with Gasteiger partial charge in [0.25, 0.3) is 0 Å². The molecule has 2 aliphatic heterocycles. The lowest BCUT2D eigenvalue weighted by Crippen LogP contribution is -2.61.